The van der Waals surface area contributed by atoms with E-state index in [1.165, 1.54) is 5.56 Å². The first-order valence-corrected chi connectivity index (χ1v) is 8.34. The van der Waals surface area contributed by atoms with Gasteiger partial charge in [-0.3, -0.25) is 4.79 Å². The molecule has 0 spiro atoms. The third kappa shape index (κ3) is 3.72. The van der Waals surface area contributed by atoms with Gasteiger partial charge in [-0.15, -0.1) is 0 Å². The van der Waals surface area contributed by atoms with Crippen LogP contribution in [-0.2, 0) is 20.1 Å². The van der Waals surface area contributed by atoms with E-state index in [2.05, 4.69) is 48.2 Å². The number of aromatic nitrogens is 2. The largest absolute Gasteiger partial charge is 0.337 e. The summed E-state index contributed by atoms with van der Waals surface area (Å²) in [4.78, 5) is 21.1. The van der Waals surface area contributed by atoms with Gasteiger partial charge in [0.15, 0.2) is 0 Å². The number of rotatable bonds is 5. The molecule has 3 rings (SSSR count). The van der Waals surface area contributed by atoms with Crippen LogP contribution >= 0.6 is 0 Å². The Morgan fingerprint density at radius 2 is 1.64 bits per heavy atom. The molecule has 5 heteroatoms. The van der Waals surface area contributed by atoms with Gasteiger partial charge in [0.05, 0.1) is 22.9 Å². The molecule has 0 aliphatic carbocycles. The van der Waals surface area contributed by atoms with Gasteiger partial charge in [-0.25, -0.2) is 4.98 Å². The van der Waals surface area contributed by atoms with Crippen molar-refractivity contribution < 1.29 is 4.79 Å². The molecule has 25 heavy (non-hydrogen) atoms. The summed E-state index contributed by atoms with van der Waals surface area (Å²) in [5.41, 5.74) is 4.79. The zero-order chi connectivity index (χ0) is 18.0. The average molecular weight is 336 g/mol. The lowest BCUT2D eigenvalue weighted by molar-refractivity contribution is 0.0786. The molecule has 0 atom stereocenters. The van der Waals surface area contributed by atoms with E-state index in [-0.39, 0.29) is 5.91 Å². The molecule has 130 valence electrons. The molecule has 0 aliphatic heterocycles. The average Bonchev–Trinajstić information content (AvgIpc) is 2.97. The molecule has 3 aromatic rings. The number of carbonyl (C=O) groups excluding carboxylic acids is 1. The van der Waals surface area contributed by atoms with Crippen LogP contribution in [0.2, 0.25) is 0 Å². The fraction of sp³-hybridized carbons (Fsp3) is 0.300. The topological polar surface area (TPSA) is 41.4 Å². The van der Waals surface area contributed by atoms with Gasteiger partial charge in [0.1, 0.15) is 0 Å². The van der Waals surface area contributed by atoms with Gasteiger partial charge in [-0.05, 0) is 37.4 Å². The summed E-state index contributed by atoms with van der Waals surface area (Å²) in [6.45, 7) is 1.49. The summed E-state index contributed by atoms with van der Waals surface area (Å²) >= 11 is 0. The highest BCUT2D eigenvalue weighted by Gasteiger charge is 2.17. The van der Waals surface area contributed by atoms with Crippen molar-refractivity contribution in [2.45, 2.75) is 13.1 Å². The Labute approximate surface area is 148 Å². The van der Waals surface area contributed by atoms with Crippen molar-refractivity contribution in [3.05, 3.63) is 65.5 Å². The van der Waals surface area contributed by atoms with E-state index in [0.717, 1.165) is 23.1 Å². The van der Waals surface area contributed by atoms with E-state index >= 15 is 0 Å². The molecule has 0 bridgehead atoms. The number of hydrogen-bond donors (Lipinski definition) is 0. The monoisotopic (exact) mass is 336 g/mol. The van der Waals surface area contributed by atoms with E-state index in [1.54, 1.807) is 11.2 Å². The molecule has 0 unspecified atom stereocenters. The number of amides is 1. The summed E-state index contributed by atoms with van der Waals surface area (Å²) < 4.78 is 1.90. The Hall–Kier alpha value is -2.66. The van der Waals surface area contributed by atoms with Crippen LogP contribution in [0.3, 0.4) is 0 Å². The second-order valence-corrected chi connectivity index (χ2v) is 6.74. The molecule has 1 amide bonds. The summed E-state index contributed by atoms with van der Waals surface area (Å²) in [6.07, 6.45) is 1.74. The predicted molar refractivity (Wildman–Crippen MR) is 100 cm³/mol. The smallest absolute Gasteiger partial charge is 0.256 e. The second-order valence-electron chi connectivity index (χ2n) is 6.74. The molecule has 0 saturated heterocycles. The molecule has 0 fully saturated rings. The number of aryl methyl sites for hydroxylation is 1. The maximum absolute atomic E-state index is 12.9. The zero-order valence-corrected chi connectivity index (χ0v) is 15.2. The highest BCUT2D eigenvalue weighted by Crippen LogP contribution is 2.19. The fourth-order valence-electron chi connectivity index (χ4n) is 3.05. The molecular weight excluding hydrogens is 312 g/mol. The number of para-hydroxylation sites is 1. The lowest BCUT2D eigenvalue weighted by atomic mass is 10.1. The number of carbonyl (C=O) groups is 1. The lowest BCUT2D eigenvalue weighted by Gasteiger charge is -2.18. The minimum absolute atomic E-state index is 0.00608. The normalized spacial score (nSPS) is 11.2. The number of fused-ring (bicyclic) bond motifs is 1. The van der Waals surface area contributed by atoms with Crippen molar-refractivity contribution in [3.8, 4) is 0 Å². The van der Waals surface area contributed by atoms with Crippen molar-refractivity contribution in [1.29, 1.82) is 0 Å². The third-order valence-electron chi connectivity index (χ3n) is 4.26. The van der Waals surface area contributed by atoms with Crippen molar-refractivity contribution in [1.82, 2.24) is 19.4 Å². The molecule has 0 radical (unpaired) electrons. The SMILES string of the molecule is CN(C)Cc1ccc(CN(C)C(=O)c2cccc3ncn(C)c23)cc1. The summed E-state index contributed by atoms with van der Waals surface area (Å²) in [7, 11) is 7.86. The van der Waals surface area contributed by atoms with E-state index in [9.17, 15) is 4.79 Å². The van der Waals surface area contributed by atoms with Crippen LogP contribution in [0.25, 0.3) is 11.0 Å². The number of hydrogen-bond acceptors (Lipinski definition) is 3. The first-order valence-electron chi connectivity index (χ1n) is 8.34. The molecule has 0 saturated carbocycles. The standard InChI is InChI=1S/C20H24N4O/c1-22(2)12-15-8-10-16(11-9-15)13-23(3)20(25)17-6-5-7-18-19(17)24(4)14-21-18/h5-11,14H,12-13H2,1-4H3. The van der Waals surface area contributed by atoms with Crippen molar-refractivity contribution in [2.24, 2.45) is 7.05 Å². The fourth-order valence-corrected chi connectivity index (χ4v) is 3.05. The third-order valence-corrected chi connectivity index (χ3v) is 4.26. The van der Waals surface area contributed by atoms with E-state index in [4.69, 9.17) is 0 Å². The van der Waals surface area contributed by atoms with Crippen LogP contribution in [-0.4, -0.2) is 46.4 Å². The summed E-state index contributed by atoms with van der Waals surface area (Å²) in [5.74, 6) is 0.00608. The molecule has 0 N–H and O–H groups in total. The van der Waals surface area contributed by atoms with Crippen LogP contribution in [0.15, 0.2) is 48.8 Å². The zero-order valence-electron chi connectivity index (χ0n) is 15.2. The van der Waals surface area contributed by atoms with Crippen LogP contribution in [0.4, 0.5) is 0 Å². The molecule has 0 aliphatic rings. The van der Waals surface area contributed by atoms with Crippen molar-refractivity contribution in [3.63, 3.8) is 0 Å². The van der Waals surface area contributed by atoms with Gasteiger partial charge < -0.3 is 14.4 Å². The van der Waals surface area contributed by atoms with E-state index < -0.39 is 0 Å². The van der Waals surface area contributed by atoms with Gasteiger partial charge in [-0.1, -0.05) is 30.3 Å². The van der Waals surface area contributed by atoms with Gasteiger partial charge in [0.25, 0.3) is 5.91 Å². The van der Waals surface area contributed by atoms with E-state index in [1.807, 2.05) is 36.9 Å². The van der Waals surface area contributed by atoms with Gasteiger partial charge >= 0.3 is 0 Å². The van der Waals surface area contributed by atoms with Gasteiger partial charge in [0.2, 0.25) is 0 Å². The number of imidazole rings is 1. The van der Waals surface area contributed by atoms with Gasteiger partial charge in [0, 0.05) is 27.2 Å². The second kappa shape index (κ2) is 7.07. The maximum atomic E-state index is 12.9. The quantitative estimate of drug-likeness (QED) is 0.719. The minimum Gasteiger partial charge on any atom is -0.337 e. The van der Waals surface area contributed by atoms with Crippen molar-refractivity contribution >= 4 is 16.9 Å². The summed E-state index contributed by atoms with van der Waals surface area (Å²) in [5, 5.41) is 0. The Kier molecular flexibility index (Phi) is 4.86. The molecule has 1 heterocycles. The lowest BCUT2D eigenvalue weighted by Crippen LogP contribution is -2.26. The van der Waals surface area contributed by atoms with Crippen LogP contribution in [0.1, 0.15) is 21.5 Å². The molecule has 5 nitrogen and oxygen atoms in total. The van der Waals surface area contributed by atoms with Gasteiger partial charge in [-0.2, -0.15) is 0 Å². The van der Waals surface area contributed by atoms with E-state index in [0.29, 0.717) is 12.1 Å². The summed E-state index contributed by atoms with van der Waals surface area (Å²) in [6, 6.07) is 14.1. The Bertz CT molecular complexity index is 880. The Balaban J connectivity index is 1.77. The van der Waals surface area contributed by atoms with Crippen LogP contribution in [0, 0.1) is 0 Å². The molecule has 1 aromatic heterocycles. The number of nitrogens with zero attached hydrogens (tertiary/aromatic N) is 4. The van der Waals surface area contributed by atoms with Crippen LogP contribution < -0.4 is 0 Å². The van der Waals surface area contributed by atoms with Crippen LogP contribution in [0.5, 0.6) is 0 Å². The number of benzene rings is 2. The Morgan fingerprint density at radius 3 is 2.28 bits per heavy atom. The highest BCUT2D eigenvalue weighted by atomic mass is 16.2. The first-order chi connectivity index (χ1) is 12.0. The highest BCUT2D eigenvalue weighted by molar-refractivity contribution is 6.04. The first kappa shape index (κ1) is 17.2. The maximum Gasteiger partial charge on any atom is 0.256 e. The Morgan fingerprint density at radius 1 is 1.00 bits per heavy atom. The predicted octanol–water partition coefficient (Wildman–Crippen LogP) is 2.91. The molecular formula is C20H24N4O. The van der Waals surface area contributed by atoms with Crippen molar-refractivity contribution in [2.75, 3.05) is 21.1 Å². The molecule has 2 aromatic carbocycles. The minimum atomic E-state index is 0.00608.